The minimum Gasteiger partial charge on any atom is -0.504 e. The molecule has 0 spiro atoms. The Balaban J connectivity index is 2.37. The van der Waals surface area contributed by atoms with Crippen LogP contribution in [0.15, 0.2) is 35.8 Å². The summed E-state index contributed by atoms with van der Waals surface area (Å²) in [4.78, 5) is 22.8. The molecule has 0 fully saturated rings. The lowest BCUT2D eigenvalue weighted by Gasteiger charge is -2.13. The molecule has 0 saturated heterocycles. The zero-order valence-corrected chi connectivity index (χ0v) is 11.4. The van der Waals surface area contributed by atoms with Crippen molar-refractivity contribution in [2.75, 3.05) is 0 Å². The molecule has 0 aromatic heterocycles. The first-order valence-corrected chi connectivity index (χ1v) is 6.05. The van der Waals surface area contributed by atoms with Crippen molar-refractivity contribution in [2.45, 2.75) is 0 Å². The number of allylic oxidation sites excluding steroid dienone is 2. The number of benzene rings is 1. The summed E-state index contributed by atoms with van der Waals surface area (Å²) in [6.45, 7) is 0. The van der Waals surface area contributed by atoms with Gasteiger partial charge in [-0.25, -0.2) is 0 Å². The number of aliphatic hydroxyl groups is 1. The first kappa shape index (κ1) is 13.9. The third-order valence-corrected chi connectivity index (χ3v) is 2.96. The molecule has 0 heterocycles. The second-order valence-corrected chi connectivity index (χ2v) is 4.82. The molecule has 0 atom stereocenters. The average molecular weight is 320 g/mol. The lowest BCUT2D eigenvalue weighted by atomic mass is 10.1. The van der Waals surface area contributed by atoms with Crippen molar-refractivity contribution in [1.29, 1.82) is 0 Å². The Kier molecular flexibility index (Phi) is 3.85. The van der Waals surface area contributed by atoms with Gasteiger partial charge in [0.05, 0.1) is 10.0 Å². The second-order valence-electron chi connectivity index (χ2n) is 3.57. The van der Waals surface area contributed by atoms with E-state index in [1.54, 1.807) is 0 Å². The molecular weight excluding hydrogens is 314 g/mol. The molecule has 4 nitrogen and oxygen atoms in total. The van der Waals surface area contributed by atoms with Gasteiger partial charge in [-0.15, -0.1) is 0 Å². The predicted octanol–water partition coefficient (Wildman–Crippen LogP) is 3.50. The van der Waals surface area contributed by atoms with Gasteiger partial charge in [0, 0.05) is 17.2 Å². The van der Waals surface area contributed by atoms with Crippen LogP contribution in [0, 0.1) is 0 Å². The van der Waals surface area contributed by atoms with Gasteiger partial charge in [0.15, 0.2) is 23.1 Å². The minimum atomic E-state index is -0.832. The van der Waals surface area contributed by atoms with Gasteiger partial charge in [-0.2, -0.15) is 0 Å². The molecule has 0 unspecified atom stereocenters. The van der Waals surface area contributed by atoms with Crippen molar-refractivity contribution in [2.24, 2.45) is 0 Å². The van der Waals surface area contributed by atoms with Crippen molar-refractivity contribution >= 4 is 46.4 Å². The van der Waals surface area contributed by atoms with Crippen molar-refractivity contribution in [3.05, 3.63) is 50.9 Å². The molecule has 0 amide bonds. The van der Waals surface area contributed by atoms with E-state index in [-0.39, 0.29) is 21.6 Å². The topological polar surface area (TPSA) is 63.6 Å². The second kappa shape index (κ2) is 5.25. The van der Waals surface area contributed by atoms with Crippen molar-refractivity contribution in [3.63, 3.8) is 0 Å². The number of aliphatic hydroxyl groups excluding tert-OH is 1. The van der Waals surface area contributed by atoms with Crippen LogP contribution in [0.3, 0.4) is 0 Å². The first-order chi connectivity index (χ1) is 8.88. The van der Waals surface area contributed by atoms with Gasteiger partial charge in [0.25, 0.3) is 5.78 Å². The van der Waals surface area contributed by atoms with Gasteiger partial charge in [-0.05, 0) is 12.1 Å². The van der Waals surface area contributed by atoms with Crippen LogP contribution in [0.5, 0.6) is 5.75 Å². The number of carbonyl (C=O) groups excluding carboxylic acids is 2. The molecule has 2 rings (SSSR count). The molecule has 1 N–H and O–H groups in total. The maximum absolute atomic E-state index is 11.6. The summed E-state index contributed by atoms with van der Waals surface area (Å²) in [6, 6.07) is 2.74. The lowest BCUT2D eigenvalue weighted by molar-refractivity contribution is -0.119. The summed E-state index contributed by atoms with van der Waals surface area (Å²) in [7, 11) is 0. The van der Waals surface area contributed by atoms with E-state index >= 15 is 0 Å². The van der Waals surface area contributed by atoms with E-state index in [1.807, 2.05) is 0 Å². The molecule has 0 bridgehead atoms. The van der Waals surface area contributed by atoms with E-state index in [0.717, 1.165) is 12.2 Å². The number of halogens is 3. The largest absolute Gasteiger partial charge is 0.504 e. The average Bonchev–Trinajstić information content (AvgIpc) is 2.29. The van der Waals surface area contributed by atoms with E-state index in [4.69, 9.17) is 39.5 Å². The quantitative estimate of drug-likeness (QED) is 0.847. The number of carbonyl (C=O) groups is 2. The third-order valence-electron chi connectivity index (χ3n) is 2.18. The molecule has 1 aliphatic rings. The standard InChI is InChI=1S/C12H5Cl3O4/c13-5-1-7(14)12(8(15)2-5)19-10-4-6(16)3-9(17)11(10)18/h1-4,17H. The van der Waals surface area contributed by atoms with Crippen molar-refractivity contribution in [3.8, 4) is 5.75 Å². The maximum atomic E-state index is 11.6. The molecule has 1 aromatic rings. The SMILES string of the molecule is O=C1C=C(O)C(=O)C(Oc2c(Cl)cc(Cl)cc2Cl)=C1. The highest BCUT2D eigenvalue weighted by Crippen LogP contribution is 2.37. The Hall–Kier alpha value is -1.49. The van der Waals surface area contributed by atoms with Gasteiger partial charge in [0.1, 0.15) is 0 Å². The van der Waals surface area contributed by atoms with Gasteiger partial charge in [-0.3, -0.25) is 9.59 Å². The summed E-state index contributed by atoms with van der Waals surface area (Å²) in [5.74, 6) is -2.50. The zero-order valence-electron chi connectivity index (χ0n) is 9.12. The molecule has 1 aliphatic carbocycles. The van der Waals surface area contributed by atoms with Crippen LogP contribution in [-0.4, -0.2) is 16.7 Å². The number of hydrogen-bond acceptors (Lipinski definition) is 4. The summed E-state index contributed by atoms with van der Waals surface area (Å²) >= 11 is 17.5. The monoisotopic (exact) mass is 318 g/mol. The van der Waals surface area contributed by atoms with Crippen LogP contribution in [0.25, 0.3) is 0 Å². The first-order valence-electron chi connectivity index (χ1n) is 4.92. The summed E-state index contributed by atoms with van der Waals surface area (Å²) in [6.07, 6.45) is 1.73. The highest BCUT2D eigenvalue weighted by atomic mass is 35.5. The lowest BCUT2D eigenvalue weighted by Crippen LogP contribution is -2.18. The minimum absolute atomic E-state index is 0.0187. The van der Waals surface area contributed by atoms with Crippen LogP contribution < -0.4 is 4.74 Å². The summed E-state index contributed by atoms with van der Waals surface area (Å²) in [5, 5.41) is 9.71. The number of hydrogen-bond donors (Lipinski definition) is 1. The number of rotatable bonds is 2. The highest BCUT2D eigenvalue weighted by Gasteiger charge is 2.25. The van der Waals surface area contributed by atoms with Gasteiger partial charge < -0.3 is 9.84 Å². The van der Waals surface area contributed by atoms with Crippen LogP contribution in [-0.2, 0) is 9.59 Å². The van der Waals surface area contributed by atoms with Crippen LogP contribution in [0.1, 0.15) is 0 Å². The van der Waals surface area contributed by atoms with Crippen LogP contribution >= 0.6 is 34.8 Å². The van der Waals surface area contributed by atoms with Gasteiger partial charge in [-0.1, -0.05) is 34.8 Å². The van der Waals surface area contributed by atoms with Gasteiger partial charge >= 0.3 is 0 Å². The number of ketones is 2. The normalized spacial score (nSPS) is 15.1. The van der Waals surface area contributed by atoms with E-state index in [1.165, 1.54) is 12.1 Å². The van der Waals surface area contributed by atoms with Crippen molar-refractivity contribution < 1.29 is 19.4 Å². The Labute approximate surface area is 122 Å². The summed E-state index contributed by atoms with van der Waals surface area (Å²) in [5.41, 5.74) is 0. The maximum Gasteiger partial charge on any atom is 0.262 e. The number of ether oxygens (including phenoxy) is 1. The molecule has 7 heteroatoms. The van der Waals surface area contributed by atoms with E-state index in [9.17, 15) is 14.7 Å². The predicted molar refractivity (Wildman–Crippen MR) is 70.9 cm³/mol. The van der Waals surface area contributed by atoms with Crippen LogP contribution in [0.4, 0.5) is 0 Å². The van der Waals surface area contributed by atoms with E-state index < -0.39 is 17.3 Å². The Bertz CT molecular complexity index is 623. The molecule has 19 heavy (non-hydrogen) atoms. The smallest absolute Gasteiger partial charge is 0.262 e. The van der Waals surface area contributed by atoms with Crippen LogP contribution in [0.2, 0.25) is 15.1 Å². The molecular formula is C12H5Cl3O4. The molecule has 98 valence electrons. The Morgan fingerprint density at radius 2 is 1.58 bits per heavy atom. The Morgan fingerprint density at radius 3 is 2.16 bits per heavy atom. The van der Waals surface area contributed by atoms with E-state index in [0.29, 0.717) is 5.02 Å². The number of Topliss-reactive ketones (excluding diaryl/α,β-unsaturated/α-hetero) is 1. The molecule has 0 radical (unpaired) electrons. The zero-order chi connectivity index (χ0) is 14.2. The Morgan fingerprint density at radius 1 is 1.00 bits per heavy atom. The van der Waals surface area contributed by atoms with Crippen molar-refractivity contribution in [1.82, 2.24) is 0 Å². The van der Waals surface area contributed by atoms with E-state index in [2.05, 4.69) is 0 Å². The molecule has 1 aromatic carbocycles. The molecule has 0 aliphatic heterocycles. The fourth-order valence-electron chi connectivity index (χ4n) is 1.38. The fraction of sp³-hybridized carbons (Fsp3) is 0. The summed E-state index contributed by atoms with van der Waals surface area (Å²) < 4.78 is 5.19. The highest BCUT2D eigenvalue weighted by molar-refractivity contribution is 6.40. The molecule has 0 saturated carbocycles. The fourth-order valence-corrected chi connectivity index (χ4v) is 2.27. The third kappa shape index (κ3) is 2.92. The van der Waals surface area contributed by atoms with Gasteiger partial charge in [0.2, 0.25) is 0 Å².